The summed E-state index contributed by atoms with van der Waals surface area (Å²) in [5, 5.41) is 7.29. The number of piperidine rings is 1. The van der Waals surface area contributed by atoms with Crippen molar-refractivity contribution < 1.29 is 18.0 Å². The first-order valence-electron chi connectivity index (χ1n) is 9.52. The number of halogens is 4. The summed E-state index contributed by atoms with van der Waals surface area (Å²) in [5.74, 6) is -0.590. The molecule has 9 heteroatoms. The van der Waals surface area contributed by atoms with Gasteiger partial charge in [-0.25, -0.2) is 4.68 Å². The maximum Gasteiger partial charge on any atom is 0.434 e. The number of carbonyl (C=O) groups is 1. The number of likely N-dealkylation sites (tertiary alicyclic amines) is 1. The van der Waals surface area contributed by atoms with Gasteiger partial charge in [0.2, 0.25) is 0 Å². The molecule has 0 aliphatic carbocycles. The lowest BCUT2D eigenvalue weighted by Crippen LogP contribution is -2.44. The Morgan fingerprint density at radius 2 is 1.86 bits per heavy atom. The molecule has 3 heterocycles. The first-order chi connectivity index (χ1) is 13.3. The van der Waals surface area contributed by atoms with E-state index in [-0.39, 0.29) is 23.4 Å². The van der Waals surface area contributed by atoms with Crippen molar-refractivity contribution in [2.75, 3.05) is 26.2 Å². The quantitative estimate of drug-likeness (QED) is 0.790. The van der Waals surface area contributed by atoms with E-state index in [1.807, 2.05) is 0 Å². The molecule has 1 N–H and O–H groups in total. The average Bonchev–Trinajstić information content (AvgIpc) is 3.29. The molecule has 1 aromatic carbocycles. The fourth-order valence-corrected chi connectivity index (χ4v) is 4.34. The number of aryl methyl sites for hydroxylation is 1. The summed E-state index contributed by atoms with van der Waals surface area (Å²) in [4.78, 5) is 14.5. The molecule has 0 saturated carbocycles. The summed E-state index contributed by atoms with van der Waals surface area (Å²) < 4.78 is 42.5. The van der Waals surface area contributed by atoms with Crippen LogP contribution in [0.1, 0.15) is 40.9 Å². The highest BCUT2D eigenvalue weighted by molar-refractivity contribution is 5.95. The molecule has 158 valence electrons. The van der Waals surface area contributed by atoms with Gasteiger partial charge in [-0.1, -0.05) is 18.2 Å². The van der Waals surface area contributed by atoms with Crippen LogP contribution in [0.4, 0.5) is 13.2 Å². The van der Waals surface area contributed by atoms with Crippen molar-refractivity contribution in [1.82, 2.24) is 20.0 Å². The van der Waals surface area contributed by atoms with E-state index in [2.05, 4.69) is 10.4 Å². The van der Waals surface area contributed by atoms with Crippen LogP contribution >= 0.6 is 12.4 Å². The Kier molecular flexibility index (Phi) is 5.96. The standard InChI is InChI=1S/C20H23F3N4O.ClH/c1-14-4-2-3-5-16(14)27-17(20(21,22)23)15(12-25-27)18(28)26-10-7-19(8-11-26)6-9-24-13-19;/h2-5,12,24H,6-11,13H2,1H3;1H. The van der Waals surface area contributed by atoms with Crippen LogP contribution in [0.25, 0.3) is 5.69 Å². The minimum absolute atomic E-state index is 0. The Bertz CT molecular complexity index is 880. The van der Waals surface area contributed by atoms with Gasteiger partial charge in [-0.15, -0.1) is 12.4 Å². The van der Waals surface area contributed by atoms with E-state index < -0.39 is 17.8 Å². The number of aromatic nitrogens is 2. The van der Waals surface area contributed by atoms with Crippen LogP contribution in [-0.2, 0) is 6.18 Å². The second-order valence-electron chi connectivity index (χ2n) is 7.82. The number of hydrogen-bond donors (Lipinski definition) is 1. The third-order valence-corrected chi connectivity index (χ3v) is 6.06. The Balaban J connectivity index is 0.00000240. The summed E-state index contributed by atoms with van der Waals surface area (Å²) in [5.41, 5.74) is -0.215. The first-order valence-corrected chi connectivity index (χ1v) is 9.52. The average molecular weight is 429 g/mol. The lowest BCUT2D eigenvalue weighted by molar-refractivity contribution is -0.143. The Labute approximate surface area is 173 Å². The monoisotopic (exact) mass is 428 g/mol. The zero-order valence-electron chi connectivity index (χ0n) is 16.1. The van der Waals surface area contributed by atoms with Gasteiger partial charge in [-0.3, -0.25) is 4.79 Å². The molecule has 0 unspecified atom stereocenters. The predicted octanol–water partition coefficient (Wildman–Crippen LogP) is 3.84. The van der Waals surface area contributed by atoms with Crippen LogP contribution in [-0.4, -0.2) is 46.8 Å². The minimum Gasteiger partial charge on any atom is -0.338 e. The van der Waals surface area contributed by atoms with E-state index in [4.69, 9.17) is 0 Å². The molecule has 0 bridgehead atoms. The summed E-state index contributed by atoms with van der Waals surface area (Å²) in [6.45, 7) is 4.57. The zero-order valence-corrected chi connectivity index (χ0v) is 16.9. The fourth-order valence-electron chi connectivity index (χ4n) is 4.34. The van der Waals surface area contributed by atoms with Crippen LogP contribution < -0.4 is 5.32 Å². The molecule has 2 aromatic rings. The van der Waals surface area contributed by atoms with Crippen LogP contribution in [0.3, 0.4) is 0 Å². The molecule has 1 aromatic heterocycles. The summed E-state index contributed by atoms with van der Waals surface area (Å²) in [6.07, 6.45) is -0.929. The lowest BCUT2D eigenvalue weighted by Gasteiger charge is -2.38. The Hall–Kier alpha value is -2.06. The van der Waals surface area contributed by atoms with Crippen molar-refractivity contribution in [1.29, 1.82) is 0 Å². The molecule has 0 atom stereocenters. The molecule has 29 heavy (non-hydrogen) atoms. The van der Waals surface area contributed by atoms with Gasteiger partial charge in [0.15, 0.2) is 5.69 Å². The van der Waals surface area contributed by atoms with E-state index in [9.17, 15) is 18.0 Å². The number of carbonyl (C=O) groups excluding carboxylic acids is 1. The fraction of sp³-hybridized carbons (Fsp3) is 0.500. The number of rotatable bonds is 2. The van der Waals surface area contributed by atoms with Gasteiger partial charge >= 0.3 is 6.18 Å². The normalized spacial score (nSPS) is 18.7. The van der Waals surface area contributed by atoms with Gasteiger partial charge in [-0.05, 0) is 49.8 Å². The van der Waals surface area contributed by atoms with Crippen LogP contribution in [0, 0.1) is 12.3 Å². The van der Waals surface area contributed by atoms with Crippen LogP contribution in [0.15, 0.2) is 30.5 Å². The van der Waals surface area contributed by atoms with E-state index in [1.165, 1.54) is 4.90 Å². The van der Waals surface area contributed by atoms with Gasteiger partial charge < -0.3 is 10.2 Å². The number of alkyl halides is 3. The maximum absolute atomic E-state index is 13.9. The third kappa shape index (κ3) is 4.00. The summed E-state index contributed by atoms with van der Waals surface area (Å²) in [7, 11) is 0. The number of hydrogen-bond acceptors (Lipinski definition) is 3. The molecular weight excluding hydrogens is 405 g/mol. The SMILES string of the molecule is Cc1ccccc1-n1ncc(C(=O)N2CCC3(CCNC3)CC2)c1C(F)(F)F.Cl. The number of para-hydroxylation sites is 1. The van der Waals surface area contributed by atoms with Crippen molar-refractivity contribution in [3.8, 4) is 5.69 Å². The van der Waals surface area contributed by atoms with E-state index >= 15 is 0 Å². The molecule has 2 saturated heterocycles. The van der Waals surface area contributed by atoms with Gasteiger partial charge in [0.25, 0.3) is 5.91 Å². The molecule has 1 amide bonds. The molecule has 0 radical (unpaired) electrons. The summed E-state index contributed by atoms with van der Waals surface area (Å²) >= 11 is 0. The van der Waals surface area contributed by atoms with Crippen molar-refractivity contribution >= 4 is 18.3 Å². The van der Waals surface area contributed by atoms with E-state index in [0.717, 1.165) is 43.2 Å². The molecule has 1 spiro atoms. The molecular formula is C20H24ClF3N4O. The highest BCUT2D eigenvalue weighted by Gasteiger charge is 2.43. The predicted molar refractivity (Wildman–Crippen MR) is 106 cm³/mol. The highest BCUT2D eigenvalue weighted by atomic mass is 35.5. The molecule has 2 fully saturated rings. The van der Waals surface area contributed by atoms with Crippen LogP contribution in [0.5, 0.6) is 0 Å². The smallest absolute Gasteiger partial charge is 0.338 e. The highest BCUT2D eigenvalue weighted by Crippen LogP contribution is 2.39. The number of benzene rings is 1. The van der Waals surface area contributed by atoms with E-state index in [1.54, 1.807) is 31.2 Å². The first kappa shape index (κ1) is 21.6. The molecule has 2 aliphatic heterocycles. The lowest BCUT2D eigenvalue weighted by atomic mass is 9.78. The largest absolute Gasteiger partial charge is 0.434 e. The molecule has 2 aliphatic rings. The topological polar surface area (TPSA) is 50.2 Å². The zero-order chi connectivity index (χ0) is 19.9. The van der Waals surface area contributed by atoms with Gasteiger partial charge in [0.05, 0.1) is 17.4 Å². The molecule has 4 rings (SSSR count). The summed E-state index contributed by atoms with van der Waals surface area (Å²) in [6, 6.07) is 6.70. The van der Waals surface area contributed by atoms with E-state index in [0.29, 0.717) is 24.3 Å². The van der Waals surface area contributed by atoms with Crippen LogP contribution in [0.2, 0.25) is 0 Å². The number of nitrogens with one attached hydrogen (secondary N) is 1. The van der Waals surface area contributed by atoms with Crippen molar-refractivity contribution in [3.63, 3.8) is 0 Å². The maximum atomic E-state index is 13.9. The Morgan fingerprint density at radius 3 is 2.45 bits per heavy atom. The van der Waals surface area contributed by atoms with Gasteiger partial charge in [0, 0.05) is 19.6 Å². The van der Waals surface area contributed by atoms with Gasteiger partial charge in [-0.2, -0.15) is 18.3 Å². The third-order valence-electron chi connectivity index (χ3n) is 6.06. The van der Waals surface area contributed by atoms with Crippen molar-refractivity contribution in [2.45, 2.75) is 32.4 Å². The van der Waals surface area contributed by atoms with Crippen molar-refractivity contribution in [2.24, 2.45) is 5.41 Å². The number of amides is 1. The second-order valence-corrected chi connectivity index (χ2v) is 7.82. The van der Waals surface area contributed by atoms with Gasteiger partial charge in [0.1, 0.15) is 0 Å². The molecule has 5 nitrogen and oxygen atoms in total. The minimum atomic E-state index is -4.68. The Morgan fingerprint density at radius 1 is 1.17 bits per heavy atom. The number of nitrogens with zero attached hydrogens (tertiary/aromatic N) is 3. The second kappa shape index (κ2) is 7.99. The van der Waals surface area contributed by atoms with Crippen molar-refractivity contribution in [3.05, 3.63) is 47.3 Å².